The normalized spacial score (nSPS) is 22.7. The molecular formula is C21H26N2O3. The van der Waals surface area contributed by atoms with Crippen molar-refractivity contribution in [1.82, 2.24) is 9.88 Å². The molecular weight excluding hydrogens is 328 g/mol. The Balaban J connectivity index is 1.47. The van der Waals surface area contributed by atoms with Crippen LogP contribution in [0.5, 0.6) is 0 Å². The van der Waals surface area contributed by atoms with Crippen molar-refractivity contribution in [3.05, 3.63) is 42.1 Å². The van der Waals surface area contributed by atoms with Gasteiger partial charge in [0.15, 0.2) is 0 Å². The van der Waals surface area contributed by atoms with Crippen molar-refractivity contribution in [3.8, 4) is 0 Å². The summed E-state index contributed by atoms with van der Waals surface area (Å²) in [6, 6.07) is 11.7. The topological polar surface area (TPSA) is 51.7 Å². The first kappa shape index (κ1) is 17.4. The van der Waals surface area contributed by atoms with Gasteiger partial charge in [0.2, 0.25) is 0 Å². The van der Waals surface area contributed by atoms with E-state index >= 15 is 0 Å². The highest BCUT2D eigenvalue weighted by molar-refractivity contribution is 5.95. The van der Waals surface area contributed by atoms with Crippen LogP contribution in [-0.4, -0.2) is 55.8 Å². The van der Waals surface area contributed by atoms with Gasteiger partial charge in [-0.05, 0) is 36.8 Å². The van der Waals surface area contributed by atoms with Crippen LogP contribution in [0.4, 0.5) is 0 Å². The Morgan fingerprint density at radius 2 is 2.04 bits per heavy atom. The number of carbonyl (C=O) groups excluding carboxylic acids is 1. The predicted octanol–water partition coefficient (Wildman–Crippen LogP) is 3.14. The second-order valence-electron chi connectivity index (χ2n) is 7.52. The fourth-order valence-electron chi connectivity index (χ4n) is 4.47. The number of fused-ring (bicyclic) bond motifs is 1. The van der Waals surface area contributed by atoms with Crippen LogP contribution < -0.4 is 0 Å². The summed E-state index contributed by atoms with van der Waals surface area (Å²) in [6.07, 6.45) is 3.10. The number of rotatable bonds is 3. The van der Waals surface area contributed by atoms with Crippen LogP contribution >= 0.6 is 0 Å². The number of ether oxygens (including phenoxy) is 2. The Hall–Kier alpha value is -1.98. The standard InChI is InChI=1S/C21H26N2O3/c1-25-14-17-15-26-13-10-21(17)8-11-23(12-9-21)20(24)19-7-6-16-4-2-3-5-18(16)22-19/h2-7,17H,8-15H2,1H3/t17-/m0/s1. The van der Waals surface area contributed by atoms with Gasteiger partial charge in [-0.25, -0.2) is 4.98 Å². The van der Waals surface area contributed by atoms with Gasteiger partial charge in [-0.1, -0.05) is 24.3 Å². The van der Waals surface area contributed by atoms with Crippen molar-refractivity contribution in [2.75, 3.05) is 40.0 Å². The van der Waals surface area contributed by atoms with Gasteiger partial charge < -0.3 is 14.4 Å². The molecule has 4 rings (SSSR count). The summed E-state index contributed by atoms with van der Waals surface area (Å²) in [5, 5.41) is 1.06. The van der Waals surface area contributed by atoms with Crippen molar-refractivity contribution in [1.29, 1.82) is 0 Å². The van der Waals surface area contributed by atoms with Crippen molar-refractivity contribution in [2.24, 2.45) is 11.3 Å². The number of benzene rings is 1. The monoisotopic (exact) mass is 354 g/mol. The molecule has 1 aromatic carbocycles. The predicted molar refractivity (Wildman–Crippen MR) is 100 cm³/mol. The average molecular weight is 354 g/mol. The molecule has 2 aliphatic heterocycles. The molecule has 2 fully saturated rings. The number of methoxy groups -OCH3 is 1. The SMILES string of the molecule is COC[C@H]1COCCC12CCN(C(=O)c1ccc3ccccc3n1)CC2. The van der Waals surface area contributed by atoms with E-state index in [1.54, 1.807) is 7.11 Å². The minimum atomic E-state index is 0.0426. The average Bonchev–Trinajstić information content (AvgIpc) is 2.70. The van der Waals surface area contributed by atoms with Gasteiger partial charge in [-0.2, -0.15) is 0 Å². The first-order valence-corrected chi connectivity index (χ1v) is 9.44. The first-order valence-electron chi connectivity index (χ1n) is 9.44. The number of para-hydroxylation sites is 1. The molecule has 2 aliphatic rings. The zero-order chi connectivity index (χ0) is 18.0. The van der Waals surface area contributed by atoms with Crippen LogP contribution in [0, 0.1) is 11.3 Å². The van der Waals surface area contributed by atoms with E-state index in [1.807, 2.05) is 41.3 Å². The van der Waals surface area contributed by atoms with Crippen molar-refractivity contribution in [3.63, 3.8) is 0 Å². The number of hydrogen-bond donors (Lipinski definition) is 0. The number of amides is 1. The molecule has 0 bridgehead atoms. The van der Waals surface area contributed by atoms with E-state index in [0.717, 1.165) is 63.1 Å². The van der Waals surface area contributed by atoms with Crippen LogP contribution in [0.1, 0.15) is 29.8 Å². The third kappa shape index (κ3) is 3.21. The van der Waals surface area contributed by atoms with Crippen molar-refractivity contribution < 1.29 is 14.3 Å². The van der Waals surface area contributed by atoms with Gasteiger partial charge in [0.05, 0.1) is 18.7 Å². The summed E-state index contributed by atoms with van der Waals surface area (Å²) in [7, 11) is 1.76. The summed E-state index contributed by atoms with van der Waals surface area (Å²) in [6.45, 7) is 3.90. The Bertz CT molecular complexity index is 782. The molecule has 1 atom stereocenters. The zero-order valence-corrected chi connectivity index (χ0v) is 15.3. The molecule has 0 N–H and O–H groups in total. The Morgan fingerprint density at radius 3 is 2.85 bits per heavy atom. The highest BCUT2D eigenvalue weighted by atomic mass is 16.5. The molecule has 138 valence electrons. The van der Waals surface area contributed by atoms with Crippen LogP contribution in [0.15, 0.2) is 36.4 Å². The fourth-order valence-corrected chi connectivity index (χ4v) is 4.47. The molecule has 5 nitrogen and oxygen atoms in total. The highest BCUT2D eigenvalue weighted by Gasteiger charge is 2.44. The van der Waals surface area contributed by atoms with E-state index in [4.69, 9.17) is 9.47 Å². The Kier molecular flexibility index (Phi) is 4.92. The van der Waals surface area contributed by atoms with E-state index in [0.29, 0.717) is 11.6 Å². The third-order valence-corrected chi connectivity index (χ3v) is 6.16. The smallest absolute Gasteiger partial charge is 0.272 e. The maximum absolute atomic E-state index is 12.9. The molecule has 1 aromatic heterocycles. The van der Waals surface area contributed by atoms with Gasteiger partial charge in [0.25, 0.3) is 5.91 Å². The van der Waals surface area contributed by atoms with Crippen LogP contribution in [0.25, 0.3) is 10.9 Å². The van der Waals surface area contributed by atoms with E-state index in [1.165, 1.54) is 0 Å². The lowest BCUT2D eigenvalue weighted by molar-refractivity contribution is -0.0912. The fraction of sp³-hybridized carbons (Fsp3) is 0.524. The molecule has 26 heavy (non-hydrogen) atoms. The van der Waals surface area contributed by atoms with Gasteiger partial charge in [-0.15, -0.1) is 0 Å². The van der Waals surface area contributed by atoms with Crippen molar-refractivity contribution in [2.45, 2.75) is 19.3 Å². The number of hydrogen-bond acceptors (Lipinski definition) is 4. The minimum Gasteiger partial charge on any atom is -0.384 e. The molecule has 5 heteroatoms. The maximum Gasteiger partial charge on any atom is 0.272 e. The zero-order valence-electron chi connectivity index (χ0n) is 15.3. The van der Waals surface area contributed by atoms with Gasteiger partial charge in [-0.3, -0.25) is 4.79 Å². The van der Waals surface area contributed by atoms with Gasteiger partial charge in [0, 0.05) is 38.1 Å². The molecule has 2 aromatic rings. The Morgan fingerprint density at radius 1 is 1.23 bits per heavy atom. The molecule has 3 heterocycles. The first-order chi connectivity index (χ1) is 12.7. The summed E-state index contributed by atoms with van der Waals surface area (Å²) in [5.41, 5.74) is 1.67. The van der Waals surface area contributed by atoms with E-state index in [9.17, 15) is 4.79 Å². The number of carbonyl (C=O) groups is 1. The summed E-state index contributed by atoms with van der Waals surface area (Å²) < 4.78 is 11.1. The van der Waals surface area contributed by atoms with E-state index in [2.05, 4.69) is 4.98 Å². The number of piperidine rings is 1. The largest absolute Gasteiger partial charge is 0.384 e. The molecule has 1 spiro atoms. The maximum atomic E-state index is 12.9. The van der Waals surface area contributed by atoms with Crippen LogP contribution in [-0.2, 0) is 9.47 Å². The number of pyridine rings is 1. The quantitative estimate of drug-likeness (QED) is 0.850. The minimum absolute atomic E-state index is 0.0426. The Labute approximate surface area is 154 Å². The van der Waals surface area contributed by atoms with E-state index in [-0.39, 0.29) is 11.3 Å². The number of likely N-dealkylation sites (tertiary alicyclic amines) is 1. The number of aromatic nitrogens is 1. The van der Waals surface area contributed by atoms with Gasteiger partial charge >= 0.3 is 0 Å². The van der Waals surface area contributed by atoms with Crippen LogP contribution in [0.3, 0.4) is 0 Å². The van der Waals surface area contributed by atoms with E-state index < -0.39 is 0 Å². The second kappa shape index (κ2) is 7.33. The van der Waals surface area contributed by atoms with Gasteiger partial charge in [0.1, 0.15) is 5.69 Å². The molecule has 0 unspecified atom stereocenters. The molecule has 0 aliphatic carbocycles. The lowest BCUT2D eigenvalue weighted by Crippen LogP contribution is -2.50. The molecule has 0 radical (unpaired) electrons. The highest BCUT2D eigenvalue weighted by Crippen LogP contribution is 2.44. The molecule has 1 amide bonds. The lowest BCUT2D eigenvalue weighted by atomic mass is 9.66. The second-order valence-corrected chi connectivity index (χ2v) is 7.52. The summed E-state index contributed by atoms with van der Waals surface area (Å²) >= 11 is 0. The summed E-state index contributed by atoms with van der Waals surface area (Å²) in [5.74, 6) is 0.471. The molecule has 2 saturated heterocycles. The molecule has 0 saturated carbocycles. The number of nitrogens with zero attached hydrogens (tertiary/aromatic N) is 2. The van der Waals surface area contributed by atoms with Crippen molar-refractivity contribution >= 4 is 16.8 Å². The lowest BCUT2D eigenvalue weighted by Gasteiger charge is -2.48. The third-order valence-electron chi connectivity index (χ3n) is 6.16. The summed E-state index contributed by atoms with van der Waals surface area (Å²) in [4.78, 5) is 19.5. The van der Waals surface area contributed by atoms with Crippen LogP contribution in [0.2, 0.25) is 0 Å².